The molecule has 5 heteroatoms. The van der Waals surface area contributed by atoms with Crippen LogP contribution in [0.5, 0.6) is 5.75 Å². The molecule has 2 aromatic carbocycles. The Kier molecular flexibility index (Phi) is 8.17. The average Bonchev–Trinajstić information content (AvgIpc) is 2.75. The Morgan fingerprint density at radius 2 is 1.93 bits per heavy atom. The molecule has 3 rings (SSSR count). The first-order chi connectivity index (χ1) is 14.5. The number of nitrogens with zero attached hydrogens (tertiary/aromatic N) is 1. The Bertz CT molecular complexity index is 822. The lowest BCUT2D eigenvalue weighted by molar-refractivity contribution is -0.127. The van der Waals surface area contributed by atoms with Gasteiger partial charge in [-0.2, -0.15) is 0 Å². The summed E-state index contributed by atoms with van der Waals surface area (Å²) in [6.07, 6.45) is 2.87. The van der Waals surface area contributed by atoms with Gasteiger partial charge >= 0.3 is 0 Å². The number of hydrogen-bond donors (Lipinski definition) is 1. The molecule has 0 unspecified atom stereocenters. The molecule has 1 N–H and O–H groups in total. The average molecular weight is 429 g/mol. The molecule has 1 heterocycles. The quantitative estimate of drug-likeness (QED) is 0.606. The molecule has 2 aromatic rings. The van der Waals surface area contributed by atoms with Crippen molar-refractivity contribution in [3.05, 3.63) is 64.7 Å². The van der Waals surface area contributed by atoms with Crippen LogP contribution in [0.25, 0.3) is 0 Å². The molecule has 2 atom stereocenters. The summed E-state index contributed by atoms with van der Waals surface area (Å²) in [6.45, 7) is 6.94. The molecule has 0 spiro atoms. The van der Waals surface area contributed by atoms with E-state index in [0.717, 1.165) is 60.8 Å². The maximum Gasteiger partial charge on any atom is 0.224 e. The highest BCUT2D eigenvalue weighted by Crippen LogP contribution is 2.26. The maximum absolute atomic E-state index is 13.2. The van der Waals surface area contributed by atoms with Gasteiger partial charge in [0.25, 0.3) is 0 Å². The third kappa shape index (κ3) is 6.23. The molecule has 30 heavy (non-hydrogen) atoms. The summed E-state index contributed by atoms with van der Waals surface area (Å²) in [6, 6.07) is 16.0. The zero-order chi connectivity index (χ0) is 21.5. The van der Waals surface area contributed by atoms with Gasteiger partial charge in [-0.05, 0) is 61.1 Å². The number of amides is 1. The van der Waals surface area contributed by atoms with E-state index in [4.69, 9.17) is 16.3 Å². The SMILES string of the molecule is COc1ccc([C@@H](CC(C)C)NC(=O)[C@@H]2CCCN(Cc3ccccc3Cl)C2)cc1. The second-order valence-electron chi connectivity index (χ2n) is 8.63. The Morgan fingerprint density at radius 3 is 2.60 bits per heavy atom. The Morgan fingerprint density at radius 1 is 1.20 bits per heavy atom. The minimum absolute atomic E-state index is 0.00847. The van der Waals surface area contributed by atoms with Gasteiger partial charge in [0.05, 0.1) is 19.1 Å². The summed E-state index contributed by atoms with van der Waals surface area (Å²) < 4.78 is 5.27. The molecule has 0 saturated carbocycles. The number of nitrogens with one attached hydrogen (secondary N) is 1. The second kappa shape index (κ2) is 10.8. The highest BCUT2D eigenvalue weighted by atomic mass is 35.5. The summed E-state index contributed by atoms with van der Waals surface area (Å²) in [5.74, 6) is 1.48. The van der Waals surface area contributed by atoms with Gasteiger partial charge in [-0.25, -0.2) is 0 Å². The summed E-state index contributed by atoms with van der Waals surface area (Å²) in [7, 11) is 1.67. The number of likely N-dealkylation sites (tertiary alicyclic amines) is 1. The zero-order valence-corrected chi connectivity index (χ0v) is 19.0. The van der Waals surface area contributed by atoms with Crippen LogP contribution >= 0.6 is 11.6 Å². The van der Waals surface area contributed by atoms with E-state index in [1.54, 1.807) is 7.11 Å². The summed E-state index contributed by atoms with van der Waals surface area (Å²) >= 11 is 6.33. The summed E-state index contributed by atoms with van der Waals surface area (Å²) in [5.41, 5.74) is 2.25. The van der Waals surface area contributed by atoms with Gasteiger partial charge in [0.1, 0.15) is 5.75 Å². The van der Waals surface area contributed by atoms with Crippen LogP contribution in [-0.4, -0.2) is 31.0 Å². The molecule has 0 radical (unpaired) electrons. The molecule has 0 aliphatic carbocycles. The first-order valence-corrected chi connectivity index (χ1v) is 11.2. The lowest BCUT2D eigenvalue weighted by Crippen LogP contribution is -2.43. The molecule has 1 aliphatic rings. The molecule has 1 aliphatic heterocycles. The standard InChI is InChI=1S/C25H33ClN2O2/c1-18(2)15-24(19-10-12-22(30-3)13-11-19)27-25(29)21-8-6-14-28(17-21)16-20-7-4-5-9-23(20)26/h4-5,7,9-13,18,21,24H,6,8,14-17H2,1-3H3,(H,27,29)/t21-,24-/m1/s1. The van der Waals surface area contributed by atoms with Gasteiger partial charge < -0.3 is 10.1 Å². The minimum atomic E-state index is 0.00847. The molecule has 0 bridgehead atoms. The van der Waals surface area contributed by atoms with E-state index < -0.39 is 0 Å². The van der Waals surface area contributed by atoms with Crippen LogP contribution in [0.1, 0.15) is 50.3 Å². The lowest BCUT2D eigenvalue weighted by Gasteiger charge is -2.33. The van der Waals surface area contributed by atoms with E-state index in [9.17, 15) is 4.79 Å². The number of rotatable bonds is 8. The van der Waals surface area contributed by atoms with Crippen molar-refractivity contribution in [1.82, 2.24) is 10.2 Å². The minimum Gasteiger partial charge on any atom is -0.497 e. The van der Waals surface area contributed by atoms with Crippen LogP contribution in [0.15, 0.2) is 48.5 Å². The largest absolute Gasteiger partial charge is 0.497 e. The number of carbonyl (C=O) groups excluding carboxylic acids is 1. The normalized spacial score (nSPS) is 18.2. The van der Waals surface area contributed by atoms with E-state index in [1.807, 2.05) is 30.3 Å². The van der Waals surface area contributed by atoms with Gasteiger partial charge in [0, 0.05) is 18.1 Å². The van der Waals surface area contributed by atoms with Gasteiger partial charge in [0.15, 0.2) is 0 Å². The summed E-state index contributed by atoms with van der Waals surface area (Å²) in [5, 5.41) is 4.13. The van der Waals surface area contributed by atoms with Crippen molar-refractivity contribution in [1.29, 1.82) is 0 Å². The van der Waals surface area contributed by atoms with Crippen molar-refractivity contribution < 1.29 is 9.53 Å². The monoisotopic (exact) mass is 428 g/mol. The summed E-state index contributed by atoms with van der Waals surface area (Å²) in [4.78, 5) is 15.5. The molecular formula is C25H33ClN2O2. The first kappa shape index (κ1) is 22.6. The maximum atomic E-state index is 13.2. The predicted octanol–water partition coefficient (Wildman–Crippen LogP) is 5.46. The van der Waals surface area contributed by atoms with E-state index >= 15 is 0 Å². The Hall–Kier alpha value is -2.04. The number of ether oxygens (including phenoxy) is 1. The number of carbonyl (C=O) groups is 1. The topological polar surface area (TPSA) is 41.6 Å². The fourth-order valence-electron chi connectivity index (χ4n) is 4.16. The Labute approximate surface area is 185 Å². The number of benzene rings is 2. The highest BCUT2D eigenvalue weighted by molar-refractivity contribution is 6.31. The van der Waals surface area contributed by atoms with Gasteiger partial charge in [0.2, 0.25) is 5.91 Å². The molecule has 1 saturated heterocycles. The van der Waals surface area contributed by atoms with E-state index in [-0.39, 0.29) is 17.9 Å². The van der Waals surface area contributed by atoms with Crippen molar-refractivity contribution >= 4 is 17.5 Å². The van der Waals surface area contributed by atoms with Crippen LogP contribution in [0.4, 0.5) is 0 Å². The number of halogens is 1. The lowest BCUT2D eigenvalue weighted by atomic mass is 9.93. The number of piperidine rings is 1. The molecule has 1 fully saturated rings. The molecule has 162 valence electrons. The van der Waals surface area contributed by atoms with Crippen molar-refractivity contribution in [2.75, 3.05) is 20.2 Å². The molecule has 0 aromatic heterocycles. The molecule has 1 amide bonds. The number of methoxy groups -OCH3 is 1. The Balaban J connectivity index is 1.64. The van der Waals surface area contributed by atoms with Crippen LogP contribution in [0.3, 0.4) is 0 Å². The number of hydrogen-bond acceptors (Lipinski definition) is 3. The van der Waals surface area contributed by atoms with Crippen molar-refractivity contribution in [3.63, 3.8) is 0 Å². The van der Waals surface area contributed by atoms with Crippen LogP contribution < -0.4 is 10.1 Å². The first-order valence-electron chi connectivity index (χ1n) is 10.9. The predicted molar refractivity (Wildman–Crippen MR) is 123 cm³/mol. The third-order valence-electron chi connectivity index (χ3n) is 5.77. The van der Waals surface area contributed by atoms with Gasteiger partial charge in [-0.3, -0.25) is 9.69 Å². The van der Waals surface area contributed by atoms with E-state index in [1.165, 1.54) is 0 Å². The second-order valence-corrected chi connectivity index (χ2v) is 9.04. The molecular weight excluding hydrogens is 396 g/mol. The zero-order valence-electron chi connectivity index (χ0n) is 18.2. The van der Waals surface area contributed by atoms with Gasteiger partial charge in [-0.15, -0.1) is 0 Å². The molecule has 4 nitrogen and oxygen atoms in total. The van der Waals surface area contributed by atoms with E-state index in [2.05, 4.69) is 42.3 Å². The third-order valence-corrected chi connectivity index (χ3v) is 6.14. The van der Waals surface area contributed by atoms with Crippen LogP contribution in [0.2, 0.25) is 5.02 Å². The fourth-order valence-corrected chi connectivity index (χ4v) is 4.35. The fraction of sp³-hybridized carbons (Fsp3) is 0.480. The van der Waals surface area contributed by atoms with E-state index in [0.29, 0.717) is 5.92 Å². The highest BCUT2D eigenvalue weighted by Gasteiger charge is 2.28. The van der Waals surface area contributed by atoms with Crippen molar-refractivity contribution in [3.8, 4) is 5.75 Å². The van der Waals surface area contributed by atoms with Gasteiger partial charge in [-0.1, -0.05) is 55.8 Å². The van der Waals surface area contributed by atoms with Crippen LogP contribution in [0, 0.1) is 11.8 Å². The smallest absolute Gasteiger partial charge is 0.224 e. The van der Waals surface area contributed by atoms with Crippen molar-refractivity contribution in [2.24, 2.45) is 11.8 Å². The van der Waals surface area contributed by atoms with Crippen LogP contribution in [-0.2, 0) is 11.3 Å². The van der Waals surface area contributed by atoms with Crippen molar-refractivity contribution in [2.45, 2.75) is 45.7 Å².